The summed E-state index contributed by atoms with van der Waals surface area (Å²) in [6.07, 6.45) is 3.09. The third kappa shape index (κ3) is 1.59. The minimum absolute atomic E-state index is 0.0655. The first-order valence-electron chi connectivity index (χ1n) is 9.81. The van der Waals surface area contributed by atoms with E-state index >= 15 is 0 Å². The molecular weight excluding hydrogens is 340 g/mol. The molecule has 6 heterocycles. The number of methoxy groups -OCH3 is 1. The van der Waals surface area contributed by atoms with Crippen LogP contribution in [0.1, 0.15) is 36.7 Å². The smallest absolute Gasteiger partial charge is 0.316 e. The van der Waals surface area contributed by atoms with Crippen molar-refractivity contribution in [3.63, 3.8) is 0 Å². The summed E-state index contributed by atoms with van der Waals surface area (Å²) < 4.78 is 14.2. The van der Waals surface area contributed by atoms with E-state index in [0.29, 0.717) is 12.6 Å². The third-order valence-electron chi connectivity index (χ3n) is 7.70. The predicted octanol–water partition coefficient (Wildman–Crippen LogP) is 3.11. The molecule has 0 saturated carbocycles. The van der Waals surface area contributed by atoms with E-state index in [1.165, 1.54) is 34.8 Å². The van der Waals surface area contributed by atoms with E-state index in [-0.39, 0.29) is 24.0 Å². The summed E-state index contributed by atoms with van der Waals surface area (Å²) in [6.45, 7) is 3.46. The molecule has 0 spiro atoms. The molecular formula is C22H24N2O3. The second-order valence-electron chi connectivity index (χ2n) is 8.42. The predicted molar refractivity (Wildman–Crippen MR) is 101 cm³/mol. The van der Waals surface area contributed by atoms with Crippen molar-refractivity contribution in [3.8, 4) is 0 Å². The lowest BCUT2D eigenvalue weighted by Crippen LogP contribution is -2.67. The largest absolute Gasteiger partial charge is 0.468 e. The number of benzene rings is 1. The first-order valence-corrected chi connectivity index (χ1v) is 9.81. The lowest BCUT2D eigenvalue weighted by molar-refractivity contribution is -0.171. The van der Waals surface area contributed by atoms with Gasteiger partial charge in [-0.3, -0.25) is 9.69 Å². The fraction of sp³-hybridized carbons (Fsp3) is 0.500. The lowest BCUT2D eigenvalue weighted by atomic mass is 9.56. The fourth-order valence-electron chi connectivity index (χ4n) is 6.68. The number of rotatable bonds is 1. The van der Waals surface area contributed by atoms with Crippen molar-refractivity contribution in [1.82, 2.24) is 9.47 Å². The van der Waals surface area contributed by atoms with Gasteiger partial charge in [0.2, 0.25) is 0 Å². The van der Waals surface area contributed by atoms with Crippen LogP contribution in [0.4, 0.5) is 0 Å². The minimum Gasteiger partial charge on any atom is -0.468 e. The topological polar surface area (TPSA) is 43.7 Å². The number of ether oxygens (including phenoxy) is 2. The van der Waals surface area contributed by atoms with Crippen LogP contribution in [-0.2, 0) is 21.3 Å². The van der Waals surface area contributed by atoms with Crippen LogP contribution in [0.2, 0.25) is 0 Å². The van der Waals surface area contributed by atoms with E-state index in [1.807, 2.05) is 0 Å². The Hall–Kier alpha value is -2.11. The van der Waals surface area contributed by atoms with Gasteiger partial charge in [-0.15, -0.1) is 0 Å². The van der Waals surface area contributed by atoms with E-state index in [2.05, 4.69) is 53.8 Å². The molecule has 6 unspecified atom stereocenters. The molecule has 7 rings (SSSR count). The van der Waals surface area contributed by atoms with E-state index in [4.69, 9.17) is 9.47 Å². The highest BCUT2D eigenvalue weighted by atomic mass is 16.5. The van der Waals surface area contributed by atoms with Gasteiger partial charge in [-0.25, -0.2) is 0 Å². The first kappa shape index (κ1) is 15.9. The van der Waals surface area contributed by atoms with Gasteiger partial charge in [0.15, 0.2) is 0 Å². The Kier molecular flexibility index (Phi) is 2.96. The summed E-state index contributed by atoms with van der Waals surface area (Å²) in [5, 5.41) is 1.26. The SMILES string of the molecule is CC=C1CN2C3CC1C1(C(=O)OC)COC(c4c3n(C)c3ccccc43)C21. The van der Waals surface area contributed by atoms with Gasteiger partial charge in [0.1, 0.15) is 11.5 Å². The van der Waals surface area contributed by atoms with Gasteiger partial charge >= 0.3 is 5.97 Å². The highest BCUT2D eigenvalue weighted by Gasteiger charge is 2.71. The van der Waals surface area contributed by atoms with Crippen LogP contribution in [0.3, 0.4) is 0 Å². The highest BCUT2D eigenvalue weighted by molar-refractivity contribution is 5.88. The van der Waals surface area contributed by atoms with E-state index in [1.54, 1.807) is 0 Å². The zero-order valence-electron chi connectivity index (χ0n) is 15.9. The number of aromatic nitrogens is 1. The van der Waals surface area contributed by atoms with E-state index in [9.17, 15) is 4.79 Å². The van der Waals surface area contributed by atoms with Crippen molar-refractivity contribution in [2.75, 3.05) is 20.3 Å². The van der Waals surface area contributed by atoms with Gasteiger partial charge in [0.25, 0.3) is 0 Å². The molecule has 0 amide bonds. The van der Waals surface area contributed by atoms with E-state index < -0.39 is 5.41 Å². The number of carbonyl (C=O) groups excluding carboxylic acids is 1. The Labute approximate surface area is 158 Å². The molecule has 5 heteroatoms. The number of piperidine rings is 3. The van der Waals surface area contributed by atoms with Crippen LogP contribution in [0, 0.1) is 11.3 Å². The van der Waals surface area contributed by atoms with Crippen molar-refractivity contribution in [2.45, 2.75) is 31.5 Å². The van der Waals surface area contributed by atoms with Gasteiger partial charge in [-0.05, 0) is 19.4 Å². The van der Waals surface area contributed by atoms with Crippen molar-refractivity contribution in [3.05, 3.63) is 47.2 Å². The number of hydrogen-bond donors (Lipinski definition) is 0. The Morgan fingerprint density at radius 1 is 1.37 bits per heavy atom. The molecule has 5 aliphatic heterocycles. The fourth-order valence-corrected chi connectivity index (χ4v) is 6.68. The maximum absolute atomic E-state index is 13.1. The molecule has 5 aliphatic rings. The van der Waals surface area contributed by atoms with Gasteiger partial charge in [0.05, 0.1) is 25.8 Å². The van der Waals surface area contributed by atoms with Gasteiger partial charge in [-0.1, -0.05) is 29.8 Å². The average Bonchev–Trinajstić information content (AvgIpc) is 3.27. The summed E-state index contributed by atoms with van der Waals surface area (Å²) in [6, 6.07) is 8.98. The van der Waals surface area contributed by atoms with Crippen LogP contribution >= 0.6 is 0 Å². The Morgan fingerprint density at radius 2 is 2.19 bits per heavy atom. The standard InChI is InChI=1S/C22H24N2O3/c1-4-12-10-24-16-9-14(12)22(21(25)26-3)11-27-19(20(22)24)17-13-7-5-6-8-15(13)23(2)18(16)17/h4-8,14,16,19-20H,9-11H2,1-3H3. The highest BCUT2D eigenvalue weighted by Crippen LogP contribution is 2.66. The second-order valence-corrected chi connectivity index (χ2v) is 8.42. The monoisotopic (exact) mass is 364 g/mol. The second kappa shape index (κ2) is 5.03. The summed E-state index contributed by atoms with van der Waals surface area (Å²) in [4.78, 5) is 15.7. The molecule has 0 aliphatic carbocycles. The molecule has 4 bridgehead atoms. The number of aryl methyl sites for hydroxylation is 1. The molecule has 2 aromatic rings. The maximum Gasteiger partial charge on any atom is 0.316 e. The molecule has 1 aromatic heterocycles. The lowest BCUT2D eigenvalue weighted by Gasteiger charge is -2.60. The molecule has 1 aromatic carbocycles. The van der Waals surface area contributed by atoms with Crippen molar-refractivity contribution in [1.29, 1.82) is 0 Å². The van der Waals surface area contributed by atoms with Crippen LogP contribution < -0.4 is 0 Å². The quantitative estimate of drug-likeness (QED) is 0.576. The molecule has 140 valence electrons. The van der Waals surface area contributed by atoms with Crippen molar-refractivity contribution >= 4 is 16.9 Å². The van der Waals surface area contributed by atoms with Gasteiger partial charge < -0.3 is 14.0 Å². The van der Waals surface area contributed by atoms with Gasteiger partial charge in [0, 0.05) is 41.7 Å². The zero-order valence-corrected chi connectivity index (χ0v) is 15.9. The normalized spacial score (nSPS) is 39.8. The minimum atomic E-state index is -0.579. The first-order chi connectivity index (χ1) is 13.1. The number of carbonyl (C=O) groups is 1. The van der Waals surface area contributed by atoms with E-state index in [0.717, 1.165) is 13.0 Å². The van der Waals surface area contributed by atoms with Crippen LogP contribution in [0.15, 0.2) is 35.9 Å². The Morgan fingerprint density at radius 3 is 2.96 bits per heavy atom. The number of allylic oxidation sites excluding steroid dienone is 1. The summed E-state index contributed by atoms with van der Waals surface area (Å²) in [5.74, 6) is 0.0947. The summed E-state index contributed by atoms with van der Waals surface area (Å²) in [7, 11) is 3.69. The number of nitrogens with zero attached hydrogens (tertiary/aromatic N) is 2. The molecule has 0 N–H and O–H groups in total. The molecule has 4 saturated heterocycles. The van der Waals surface area contributed by atoms with Crippen LogP contribution in [0.5, 0.6) is 0 Å². The molecule has 6 atom stereocenters. The molecule has 27 heavy (non-hydrogen) atoms. The Bertz CT molecular complexity index is 1020. The summed E-state index contributed by atoms with van der Waals surface area (Å²) >= 11 is 0. The zero-order chi connectivity index (χ0) is 18.5. The van der Waals surface area contributed by atoms with Crippen LogP contribution in [-0.4, -0.2) is 41.7 Å². The molecule has 0 radical (unpaired) electrons. The number of hydrogen-bond acceptors (Lipinski definition) is 4. The molecule has 5 nitrogen and oxygen atoms in total. The number of fused-ring (bicyclic) bond motifs is 5. The summed E-state index contributed by atoms with van der Waals surface area (Å²) in [5.41, 5.74) is 4.70. The maximum atomic E-state index is 13.1. The Balaban J connectivity index is 1.66. The average molecular weight is 364 g/mol. The third-order valence-corrected chi connectivity index (χ3v) is 7.70. The molecule has 4 fully saturated rings. The van der Waals surface area contributed by atoms with Gasteiger partial charge in [-0.2, -0.15) is 0 Å². The van der Waals surface area contributed by atoms with Crippen LogP contribution in [0.25, 0.3) is 10.9 Å². The number of para-hydroxylation sites is 1. The number of esters is 1. The van der Waals surface area contributed by atoms with Crippen molar-refractivity contribution in [2.24, 2.45) is 18.4 Å². The van der Waals surface area contributed by atoms with Crippen molar-refractivity contribution < 1.29 is 14.3 Å².